The molecule has 0 aliphatic heterocycles. The van der Waals surface area contributed by atoms with Crippen LogP contribution in [-0.4, -0.2) is 5.78 Å². The third kappa shape index (κ3) is 2.12. The van der Waals surface area contributed by atoms with E-state index in [-0.39, 0.29) is 5.78 Å². The first-order chi connectivity index (χ1) is 6.86. The lowest BCUT2D eigenvalue weighted by atomic mass is 10.1. The standard InChI is InChI=1S/C11H10O2S/c12-10(11-2-1-6-13-11)4-3-9-5-7-14-8-9/h1-2,5-8H,3-4H2. The zero-order chi connectivity index (χ0) is 9.80. The van der Waals surface area contributed by atoms with E-state index in [0.29, 0.717) is 12.2 Å². The number of carbonyl (C=O) groups is 1. The van der Waals surface area contributed by atoms with Crippen molar-refractivity contribution in [3.63, 3.8) is 0 Å². The van der Waals surface area contributed by atoms with Gasteiger partial charge in [-0.2, -0.15) is 11.3 Å². The highest BCUT2D eigenvalue weighted by atomic mass is 32.1. The Labute approximate surface area is 86.2 Å². The fourth-order valence-corrected chi connectivity index (χ4v) is 1.96. The Kier molecular flexibility index (Phi) is 2.79. The van der Waals surface area contributed by atoms with Crippen molar-refractivity contribution < 1.29 is 9.21 Å². The number of thiophene rings is 1. The molecule has 2 heterocycles. The third-order valence-corrected chi connectivity index (χ3v) is 2.75. The van der Waals surface area contributed by atoms with Crippen molar-refractivity contribution in [2.45, 2.75) is 12.8 Å². The maximum atomic E-state index is 11.5. The molecule has 72 valence electrons. The lowest BCUT2D eigenvalue weighted by molar-refractivity contribution is 0.0956. The summed E-state index contributed by atoms with van der Waals surface area (Å²) in [5.74, 6) is 0.529. The molecule has 0 aliphatic rings. The number of Topliss-reactive ketones (excluding diaryl/α,β-unsaturated/α-hetero) is 1. The number of hydrogen-bond acceptors (Lipinski definition) is 3. The van der Waals surface area contributed by atoms with Gasteiger partial charge in [-0.1, -0.05) is 0 Å². The third-order valence-electron chi connectivity index (χ3n) is 2.02. The maximum absolute atomic E-state index is 11.5. The molecule has 0 spiro atoms. The van der Waals surface area contributed by atoms with Gasteiger partial charge in [0.25, 0.3) is 0 Å². The largest absolute Gasteiger partial charge is 0.461 e. The quantitative estimate of drug-likeness (QED) is 0.719. The van der Waals surface area contributed by atoms with Crippen LogP contribution < -0.4 is 0 Å². The summed E-state index contributed by atoms with van der Waals surface area (Å²) in [6, 6.07) is 5.48. The number of furan rings is 1. The summed E-state index contributed by atoms with van der Waals surface area (Å²) in [4.78, 5) is 11.5. The van der Waals surface area contributed by atoms with Gasteiger partial charge in [-0.15, -0.1) is 0 Å². The first-order valence-corrected chi connectivity index (χ1v) is 5.38. The van der Waals surface area contributed by atoms with Crippen molar-refractivity contribution in [1.82, 2.24) is 0 Å². The average Bonchev–Trinajstić information content (AvgIpc) is 2.87. The van der Waals surface area contributed by atoms with E-state index in [4.69, 9.17) is 4.42 Å². The second-order valence-electron chi connectivity index (χ2n) is 3.03. The van der Waals surface area contributed by atoms with E-state index in [9.17, 15) is 4.79 Å². The molecule has 2 aromatic rings. The Morgan fingerprint density at radius 2 is 2.36 bits per heavy atom. The number of rotatable bonds is 4. The highest BCUT2D eigenvalue weighted by molar-refractivity contribution is 7.07. The first-order valence-electron chi connectivity index (χ1n) is 4.44. The topological polar surface area (TPSA) is 30.2 Å². The number of hydrogen-bond donors (Lipinski definition) is 0. The molecule has 0 atom stereocenters. The zero-order valence-electron chi connectivity index (χ0n) is 7.60. The summed E-state index contributed by atoms with van der Waals surface area (Å²) in [6.45, 7) is 0. The minimum Gasteiger partial charge on any atom is -0.461 e. The van der Waals surface area contributed by atoms with Gasteiger partial charge in [0.1, 0.15) is 0 Å². The van der Waals surface area contributed by atoms with Crippen LogP contribution in [0.15, 0.2) is 39.6 Å². The van der Waals surface area contributed by atoms with Gasteiger partial charge in [0.05, 0.1) is 6.26 Å². The van der Waals surface area contributed by atoms with Gasteiger partial charge in [0, 0.05) is 6.42 Å². The van der Waals surface area contributed by atoms with Crippen molar-refractivity contribution in [3.8, 4) is 0 Å². The van der Waals surface area contributed by atoms with E-state index in [2.05, 4.69) is 5.38 Å². The molecule has 2 rings (SSSR count). The van der Waals surface area contributed by atoms with Gasteiger partial charge in [-0.25, -0.2) is 0 Å². The number of ketones is 1. The first kappa shape index (κ1) is 9.21. The monoisotopic (exact) mass is 206 g/mol. The summed E-state index contributed by atoms with van der Waals surface area (Å²) in [5, 5.41) is 4.09. The molecule has 0 saturated carbocycles. The van der Waals surface area contributed by atoms with Crippen LogP contribution in [-0.2, 0) is 6.42 Å². The van der Waals surface area contributed by atoms with Gasteiger partial charge in [-0.05, 0) is 40.9 Å². The van der Waals surface area contributed by atoms with E-state index < -0.39 is 0 Å². The molecule has 0 aromatic carbocycles. The summed E-state index contributed by atoms with van der Waals surface area (Å²) >= 11 is 1.65. The minimum atomic E-state index is 0.0706. The Bertz CT molecular complexity index is 387. The Balaban J connectivity index is 1.90. The highest BCUT2D eigenvalue weighted by Gasteiger charge is 2.08. The average molecular weight is 206 g/mol. The van der Waals surface area contributed by atoms with Crippen LogP contribution in [0.5, 0.6) is 0 Å². The van der Waals surface area contributed by atoms with Gasteiger partial charge >= 0.3 is 0 Å². The van der Waals surface area contributed by atoms with Gasteiger partial charge < -0.3 is 4.42 Å². The Morgan fingerprint density at radius 1 is 1.43 bits per heavy atom. The van der Waals surface area contributed by atoms with Crippen LogP contribution >= 0.6 is 11.3 Å². The molecule has 14 heavy (non-hydrogen) atoms. The van der Waals surface area contributed by atoms with Crippen molar-refractivity contribution >= 4 is 17.1 Å². The molecular weight excluding hydrogens is 196 g/mol. The number of carbonyl (C=O) groups excluding carboxylic acids is 1. The van der Waals surface area contributed by atoms with Gasteiger partial charge in [-0.3, -0.25) is 4.79 Å². The molecule has 0 unspecified atom stereocenters. The fraction of sp³-hybridized carbons (Fsp3) is 0.182. The fourth-order valence-electron chi connectivity index (χ4n) is 1.25. The molecule has 0 aliphatic carbocycles. The van der Waals surface area contributed by atoms with Gasteiger partial charge in [0.15, 0.2) is 11.5 Å². The normalized spacial score (nSPS) is 10.3. The molecule has 2 aromatic heterocycles. The van der Waals surface area contributed by atoms with Crippen LogP contribution in [0.2, 0.25) is 0 Å². The SMILES string of the molecule is O=C(CCc1ccsc1)c1ccco1. The summed E-state index contributed by atoms with van der Waals surface area (Å²) in [7, 11) is 0. The smallest absolute Gasteiger partial charge is 0.198 e. The molecular formula is C11H10O2S. The van der Waals surface area contributed by atoms with E-state index in [0.717, 1.165) is 6.42 Å². The van der Waals surface area contributed by atoms with Crippen LogP contribution in [0.1, 0.15) is 22.5 Å². The maximum Gasteiger partial charge on any atom is 0.198 e. The highest BCUT2D eigenvalue weighted by Crippen LogP contribution is 2.11. The zero-order valence-corrected chi connectivity index (χ0v) is 8.42. The molecule has 0 saturated heterocycles. The van der Waals surface area contributed by atoms with E-state index in [1.165, 1.54) is 11.8 Å². The lowest BCUT2D eigenvalue weighted by Crippen LogP contribution is -1.98. The van der Waals surface area contributed by atoms with E-state index in [1.54, 1.807) is 23.5 Å². The van der Waals surface area contributed by atoms with Crippen molar-refractivity contribution in [2.75, 3.05) is 0 Å². The van der Waals surface area contributed by atoms with Crippen molar-refractivity contribution in [1.29, 1.82) is 0 Å². The summed E-state index contributed by atoms with van der Waals surface area (Å²) in [5.41, 5.74) is 1.22. The van der Waals surface area contributed by atoms with Crippen LogP contribution in [0.4, 0.5) is 0 Å². The van der Waals surface area contributed by atoms with Crippen LogP contribution in [0.25, 0.3) is 0 Å². The van der Waals surface area contributed by atoms with Crippen LogP contribution in [0, 0.1) is 0 Å². The Morgan fingerprint density at radius 3 is 3.00 bits per heavy atom. The molecule has 0 bridgehead atoms. The van der Waals surface area contributed by atoms with Gasteiger partial charge in [0.2, 0.25) is 0 Å². The van der Waals surface area contributed by atoms with Crippen molar-refractivity contribution in [3.05, 3.63) is 46.5 Å². The molecule has 0 N–H and O–H groups in total. The molecule has 0 amide bonds. The predicted octanol–water partition coefficient (Wildman–Crippen LogP) is 3.16. The minimum absolute atomic E-state index is 0.0706. The predicted molar refractivity (Wildman–Crippen MR) is 55.7 cm³/mol. The summed E-state index contributed by atoms with van der Waals surface area (Å²) < 4.78 is 5.02. The molecule has 0 fully saturated rings. The number of aryl methyl sites for hydroxylation is 1. The van der Waals surface area contributed by atoms with E-state index in [1.807, 2.05) is 11.4 Å². The van der Waals surface area contributed by atoms with Crippen LogP contribution in [0.3, 0.4) is 0 Å². The van der Waals surface area contributed by atoms with Crippen molar-refractivity contribution in [2.24, 2.45) is 0 Å². The summed E-state index contributed by atoms with van der Waals surface area (Å²) in [6.07, 6.45) is 2.84. The lowest BCUT2D eigenvalue weighted by Gasteiger charge is -1.95. The second-order valence-corrected chi connectivity index (χ2v) is 3.81. The molecule has 0 radical (unpaired) electrons. The molecule has 3 heteroatoms. The Hall–Kier alpha value is -1.35. The second kappa shape index (κ2) is 4.24. The molecule has 2 nitrogen and oxygen atoms in total. The van der Waals surface area contributed by atoms with E-state index >= 15 is 0 Å².